The first-order chi connectivity index (χ1) is 9.11. The number of benzene rings is 2. The van der Waals surface area contributed by atoms with Gasteiger partial charge in [0, 0.05) is 12.2 Å². The molecule has 2 nitrogen and oxygen atoms in total. The summed E-state index contributed by atoms with van der Waals surface area (Å²) < 4.78 is 5.32. The second-order valence-corrected chi connectivity index (χ2v) is 4.76. The molecule has 0 aliphatic carbocycles. The first-order valence-electron chi connectivity index (χ1n) is 6.59. The normalized spacial score (nSPS) is 12.4. The van der Waals surface area contributed by atoms with E-state index in [4.69, 9.17) is 4.74 Å². The van der Waals surface area contributed by atoms with Gasteiger partial charge in [0.05, 0.1) is 0 Å². The maximum atomic E-state index is 10.1. The van der Waals surface area contributed by atoms with Crippen molar-refractivity contribution in [3.05, 3.63) is 59.2 Å². The SMILES string of the molecule is CCOC(O)c1cc(C)ccc1-c1ccc(C)cc1. The Balaban J connectivity index is 2.47. The molecular formula is C17H20O2. The van der Waals surface area contributed by atoms with Gasteiger partial charge in [-0.2, -0.15) is 0 Å². The molecule has 19 heavy (non-hydrogen) atoms. The number of aliphatic hydroxyl groups is 1. The minimum atomic E-state index is -0.874. The number of rotatable bonds is 4. The second-order valence-electron chi connectivity index (χ2n) is 4.76. The van der Waals surface area contributed by atoms with Gasteiger partial charge < -0.3 is 9.84 Å². The molecule has 0 radical (unpaired) electrons. The Hall–Kier alpha value is -1.64. The van der Waals surface area contributed by atoms with Crippen LogP contribution in [0.3, 0.4) is 0 Å². The molecule has 0 amide bonds. The summed E-state index contributed by atoms with van der Waals surface area (Å²) in [4.78, 5) is 0. The first kappa shape index (κ1) is 13.8. The zero-order chi connectivity index (χ0) is 13.8. The maximum Gasteiger partial charge on any atom is 0.181 e. The number of hydrogen-bond acceptors (Lipinski definition) is 2. The molecule has 2 aromatic rings. The van der Waals surface area contributed by atoms with Crippen LogP contribution >= 0.6 is 0 Å². The molecular weight excluding hydrogens is 236 g/mol. The van der Waals surface area contributed by atoms with Gasteiger partial charge in [0.2, 0.25) is 0 Å². The highest BCUT2D eigenvalue weighted by Gasteiger charge is 2.13. The molecule has 0 bridgehead atoms. The summed E-state index contributed by atoms with van der Waals surface area (Å²) in [7, 11) is 0. The summed E-state index contributed by atoms with van der Waals surface area (Å²) in [5.41, 5.74) is 5.28. The molecule has 2 heteroatoms. The van der Waals surface area contributed by atoms with Gasteiger partial charge in [-0.05, 0) is 31.9 Å². The van der Waals surface area contributed by atoms with E-state index in [0.717, 1.165) is 22.3 Å². The molecule has 0 saturated heterocycles. The van der Waals surface area contributed by atoms with Crippen LogP contribution in [-0.2, 0) is 4.74 Å². The highest BCUT2D eigenvalue weighted by molar-refractivity contribution is 5.68. The van der Waals surface area contributed by atoms with Gasteiger partial charge in [0.1, 0.15) is 0 Å². The van der Waals surface area contributed by atoms with Crippen LogP contribution in [0.5, 0.6) is 0 Å². The lowest BCUT2D eigenvalue weighted by atomic mass is 9.97. The molecule has 0 saturated carbocycles. The molecule has 0 heterocycles. The Morgan fingerprint density at radius 1 is 1.00 bits per heavy atom. The summed E-state index contributed by atoms with van der Waals surface area (Å²) in [6.07, 6.45) is -0.874. The average Bonchev–Trinajstić information content (AvgIpc) is 2.40. The van der Waals surface area contributed by atoms with Crippen molar-refractivity contribution < 1.29 is 9.84 Å². The predicted molar refractivity (Wildman–Crippen MR) is 77.9 cm³/mol. The lowest BCUT2D eigenvalue weighted by Crippen LogP contribution is -2.05. The van der Waals surface area contributed by atoms with Crippen LogP contribution in [-0.4, -0.2) is 11.7 Å². The van der Waals surface area contributed by atoms with E-state index in [9.17, 15) is 5.11 Å². The smallest absolute Gasteiger partial charge is 0.181 e. The van der Waals surface area contributed by atoms with Crippen LogP contribution in [0, 0.1) is 13.8 Å². The molecule has 0 spiro atoms. The summed E-state index contributed by atoms with van der Waals surface area (Å²) in [5, 5.41) is 10.1. The maximum absolute atomic E-state index is 10.1. The highest BCUT2D eigenvalue weighted by atomic mass is 16.6. The molecule has 1 N–H and O–H groups in total. The second kappa shape index (κ2) is 6.00. The molecule has 0 fully saturated rings. The zero-order valence-electron chi connectivity index (χ0n) is 11.7. The van der Waals surface area contributed by atoms with Crippen molar-refractivity contribution in [1.29, 1.82) is 0 Å². The van der Waals surface area contributed by atoms with Gasteiger partial charge in [-0.1, -0.05) is 53.6 Å². The molecule has 0 aliphatic rings. The average molecular weight is 256 g/mol. The Labute approximate surface area is 114 Å². The van der Waals surface area contributed by atoms with Gasteiger partial charge >= 0.3 is 0 Å². The van der Waals surface area contributed by atoms with Crippen molar-refractivity contribution in [2.45, 2.75) is 27.1 Å². The Bertz CT molecular complexity index is 544. The molecule has 0 aliphatic heterocycles. The van der Waals surface area contributed by atoms with E-state index in [1.54, 1.807) is 0 Å². The number of aliphatic hydroxyl groups excluding tert-OH is 1. The fourth-order valence-electron chi connectivity index (χ4n) is 2.13. The van der Waals surface area contributed by atoms with Crippen LogP contribution < -0.4 is 0 Å². The van der Waals surface area contributed by atoms with Crippen molar-refractivity contribution in [2.75, 3.05) is 6.61 Å². The van der Waals surface area contributed by atoms with E-state index in [2.05, 4.69) is 37.3 Å². The van der Waals surface area contributed by atoms with Gasteiger partial charge in [-0.25, -0.2) is 0 Å². The summed E-state index contributed by atoms with van der Waals surface area (Å²) >= 11 is 0. The quantitative estimate of drug-likeness (QED) is 0.838. The summed E-state index contributed by atoms with van der Waals surface area (Å²) in [5.74, 6) is 0. The Morgan fingerprint density at radius 3 is 2.26 bits per heavy atom. The van der Waals surface area contributed by atoms with Crippen molar-refractivity contribution in [3.8, 4) is 11.1 Å². The standard InChI is InChI=1S/C17H20O2/c1-4-19-17(18)16-11-13(3)7-10-15(16)14-8-5-12(2)6-9-14/h5-11,17-18H,4H2,1-3H3. The first-order valence-corrected chi connectivity index (χ1v) is 6.59. The fourth-order valence-corrected chi connectivity index (χ4v) is 2.13. The van der Waals surface area contributed by atoms with E-state index in [-0.39, 0.29) is 0 Å². The van der Waals surface area contributed by atoms with Gasteiger partial charge in [0.15, 0.2) is 6.29 Å². The van der Waals surface area contributed by atoms with E-state index in [0.29, 0.717) is 6.61 Å². The minimum absolute atomic E-state index is 0.489. The third-order valence-corrected chi connectivity index (χ3v) is 3.16. The molecule has 1 atom stereocenters. The molecule has 0 aromatic heterocycles. The van der Waals surface area contributed by atoms with Crippen LogP contribution in [0.4, 0.5) is 0 Å². The Morgan fingerprint density at radius 2 is 1.63 bits per heavy atom. The largest absolute Gasteiger partial charge is 0.364 e. The molecule has 2 aromatic carbocycles. The zero-order valence-corrected chi connectivity index (χ0v) is 11.7. The highest BCUT2D eigenvalue weighted by Crippen LogP contribution is 2.30. The van der Waals surface area contributed by atoms with Gasteiger partial charge in [0.25, 0.3) is 0 Å². The Kier molecular flexibility index (Phi) is 4.35. The fraction of sp³-hybridized carbons (Fsp3) is 0.294. The van der Waals surface area contributed by atoms with Crippen molar-refractivity contribution in [3.63, 3.8) is 0 Å². The van der Waals surface area contributed by atoms with E-state index in [1.165, 1.54) is 5.56 Å². The van der Waals surface area contributed by atoms with Gasteiger partial charge in [-0.15, -0.1) is 0 Å². The van der Waals surface area contributed by atoms with Crippen molar-refractivity contribution in [1.82, 2.24) is 0 Å². The predicted octanol–water partition coefficient (Wildman–Crippen LogP) is 4.00. The van der Waals surface area contributed by atoms with E-state index in [1.807, 2.05) is 26.0 Å². The summed E-state index contributed by atoms with van der Waals surface area (Å²) in [6, 6.07) is 14.4. The third-order valence-electron chi connectivity index (χ3n) is 3.16. The lowest BCUT2D eigenvalue weighted by Gasteiger charge is -2.16. The molecule has 100 valence electrons. The van der Waals surface area contributed by atoms with Crippen LogP contribution in [0.2, 0.25) is 0 Å². The molecule has 1 unspecified atom stereocenters. The van der Waals surface area contributed by atoms with Crippen LogP contribution in [0.15, 0.2) is 42.5 Å². The van der Waals surface area contributed by atoms with Crippen LogP contribution in [0.1, 0.15) is 29.9 Å². The van der Waals surface area contributed by atoms with Crippen molar-refractivity contribution >= 4 is 0 Å². The number of aryl methyl sites for hydroxylation is 2. The summed E-state index contributed by atoms with van der Waals surface area (Å²) in [6.45, 7) is 6.45. The lowest BCUT2D eigenvalue weighted by molar-refractivity contribution is -0.0976. The van der Waals surface area contributed by atoms with Crippen molar-refractivity contribution in [2.24, 2.45) is 0 Å². The molecule has 2 rings (SSSR count). The monoisotopic (exact) mass is 256 g/mol. The number of hydrogen-bond donors (Lipinski definition) is 1. The van der Waals surface area contributed by atoms with Gasteiger partial charge in [-0.3, -0.25) is 0 Å². The van der Waals surface area contributed by atoms with E-state index < -0.39 is 6.29 Å². The van der Waals surface area contributed by atoms with Crippen LogP contribution in [0.25, 0.3) is 11.1 Å². The topological polar surface area (TPSA) is 29.5 Å². The minimum Gasteiger partial charge on any atom is -0.364 e. The van der Waals surface area contributed by atoms with E-state index >= 15 is 0 Å². The number of ether oxygens (including phenoxy) is 1. The third kappa shape index (κ3) is 3.22.